The number of rotatable bonds is 6. The van der Waals surface area contributed by atoms with Crippen LogP contribution in [0.3, 0.4) is 0 Å². The van der Waals surface area contributed by atoms with Crippen molar-refractivity contribution in [3.8, 4) is 5.75 Å². The molecule has 0 fully saturated rings. The van der Waals surface area contributed by atoms with Crippen molar-refractivity contribution in [3.63, 3.8) is 0 Å². The highest BCUT2D eigenvalue weighted by atomic mass is 79.9. The first-order chi connectivity index (χ1) is 14.5. The van der Waals surface area contributed by atoms with Gasteiger partial charge in [0.2, 0.25) is 0 Å². The van der Waals surface area contributed by atoms with E-state index in [-0.39, 0.29) is 17.6 Å². The largest absolute Gasteiger partial charge is 0.492 e. The van der Waals surface area contributed by atoms with Crippen LogP contribution in [0.15, 0.2) is 59.2 Å². The predicted molar refractivity (Wildman–Crippen MR) is 123 cm³/mol. The van der Waals surface area contributed by atoms with E-state index in [1.807, 2.05) is 48.0 Å². The summed E-state index contributed by atoms with van der Waals surface area (Å²) in [6.07, 6.45) is 2.73. The smallest absolute Gasteiger partial charge is 0.258 e. The SMILES string of the molecule is CCCOc1ccc(C(=O)NC(=S)NNC(=O)Cn2ccc3ccccc32)cc1Br. The third-order valence-electron chi connectivity index (χ3n) is 4.19. The average Bonchev–Trinajstić information content (AvgIpc) is 3.14. The molecule has 0 atom stereocenters. The molecule has 0 spiro atoms. The molecular formula is C21H21BrN4O3S. The number of hydrogen-bond acceptors (Lipinski definition) is 4. The molecule has 0 radical (unpaired) electrons. The maximum Gasteiger partial charge on any atom is 0.258 e. The van der Waals surface area contributed by atoms with Crippen LogP contribution in [0, 0.1) is 0 Å². The highest BCUT2D eigenvalue weighted by Crippen LogP contribution is 2.26. The highest BCUT2D eigenvalue weighted by Gasteiger charge is 2.12. The number of aromatic nitrogens is 1. The zero-order valence-corrected chi connectivity index (χ0v) is 18.7. The van der Waals surface area contributed by atoms with Crippen molar-refractivity contribution in [2.24, 2.45) is 0 Å². The Balaban J connectivity index is 1.49. The maximum atomic E-state index is 12.4. The molecule has 2 amide bonds. The second-order valence-corrected chi connectivity index (χ2v) is 7.72. The summed E-state index contributed by atoms with van der Waals surface area (Å²) in [5.74, 6) is -0.0343. The minimum absolute atomic E-state index is 0.00635. The van der Waals surface area contributed by atoms with Crippen molar-refractivity contribution in [1.29, 1.82) is 0 Å². The van der Waals surface area contributed by atoms with E-state index in [9.17, 15) is 9.59 Å². The Hall–Kier alpha value is -2.91. The number of benzene rings is 2. The van der Waals surface area contributed by atoms with Crippen molar-refractivity contribution in [1.82, 2.24) is 20.7 Å². The number of ether oxygens (including phenoxy) is 1. The van der Waals surface area contributed by atoms with E-state index in [1.54, 1.807) is 18.2 Å². The number of amides is 2. The van der Waals surface area contributed by atoms with Crippen molar-refractivity contribution in [2.75, 3.05) is 6.61 Å². The number of carbonyl (C=O) groups is 2. The Morgan fingerprint density at radius 1 is 1.13 bits per heavy atom. The fraction of sp³-hybridized carbons (Fsp3) is 0.190. The minimum atomic E-state index is -0.402. The van der Waals surface area contributed by atoms with E-state index in [2.05, 4.69) is 32.1 Å². The molecule has 1 heterocycles. The van der Waals surface area contributed by atoms with Crippen LogP contribution in [-0.4, -0.2) is 28.1 Å². The van der Waals surface area contributed by atoms with Gasteiger partial charge in [0.05, 0.1) is 11.1 Å². The molecule has 7 nitrogen and oxygen atoms in total. The lowest BCUT2D eigenvalue weighted by molar-refractivity contribution is -0.122. The second kappa shape index (κ2) is 10.2. The third-order valence-corrected chi connectivity index (χ3v) is 5.02. The van der Waals surface area contributed by atoms with Crippen molar-refractivity contribution in [3.05, 3.63) is 64.8 Å². The van der Waals surface area contributed by atoms with Gasteiger partial charge in [-0.3, -0.25) is 25.8 Å². The van der Waals surface area contributed by atoms with Crippen LogP contribution in [0.25, 0.3) is 10.9 Å². The number of carbonyl (C=O) groups excluding carboxylic acids is 2. The predicted octanol–water partition coefficient (Wildman–Crippen LogP) is 3.53. The summed E-state index contributed by atoms with van der Waals surface area (Å²) < 4.78 is 8.07. The maximum absolute atomic E-state index is 12.4. The molecule has 3 N–H and O–H groups in total. The van der Waals surface area contributed by atoms with Gasteiger partial charge in [-0.1, -0.05) is 25.1 Å². The lowest BCUT2D eigenvalue weighted by atomic mass is 10.2. The van der Waals surface area contributed by atoms with Gasteiger partial charge in [0.1, 0.15) is 12.3 Å². The topological polar surface area (TPSA) is 84.4 Å². The summed E-state index contributed by atoms with van der Waals surface area (Å²) >= 11 is 8.48. The standard InChI is InChI=1S/C21H21BrN4O3S/c1-2-11-29-18-8-7-15(12-16(18)22)20(28)23-21(30)25-24-19(27)13-26-10-9-14-5-3-4-6-17(14)26/h3-10,12H,2,11,13H2,1H3,(H,24,27)(H2,23,25,28,30). The molecule has 0 aliphatic heterocycles. The molecule has 2 aromatic carbocycles. The van der Waals surface area contributed by atoms with Crippen molar-refractivity contribution >= 4 is 56.0 Å². The summed E-state index contributed by atoms with van der Waals surface area (Å²) in [5.41, 5.74) is 6.40. The Morgan fingerprint density at radius 2 is 1.93 bits per heavy atom. The van der Waals surface area contributed by atoms with Gasteiger partial charge in [-0.05, 0) is 70.3 Å². The summed E-state index contributed by atoms with van der Waals surface area (Å²) in [4.78, 5) is 24.6. The van der Waals surface area contributed by atoms with E-state index >= 15 is 0 Å². The quantitative estimate of drug-likeness (QED) is 0.365. The molecule has 9 heteroatoms. The minimum Gasteiger partial charge on any atom is -0.492 e. The zero-order valence-electron chi connectivity index (χ0n) is 16.3. The van der Waals surface area contributed by atoms with Gasteiger partial charge in [-0.15, -0.1) is 0 Å². The fourth-order valence-electron chi connectivity index (χ4n) is 2.78. The fourth-order valence-corrected chi connectivity index (χ4v) is 3.41. The number of nitrogens with one attached hydrogen (secondary N) is 3. The molecule has 156 valence electrons. The summed E-state index contributed by atoms with van der Waals surface area (Å²) in [7, 11) is 0. The summed E-state index contributed by atoms with van der Waals surface area (Å²) in [6, 6.07) is 14.7. The van der Waals surface area contributed by atoms with Gasteiger partial charge in [-0.2, -0.15) is 0 Å². The number of thiocarbonyl (C=S) groups is 1. The number of para-hydroxylation sites is 1. The Kier molecular flexibility index (Phi) is 7.42. The van der Waals surface area contributed by atoms with Crippen molar-refractivity contribution in [2.45, 2.75) is 19.9 Å². The van der Waals surface area contributed by atoms with Gasteiger partial charge in [-0.25, -0.2) is 0 Å². The zero-order chi connectivity index (χ0) is 21.5. The average molecular weight is 489 g/mol. The molecule has 0 bridgehead atoms. The van der Waals surface area contributed by atoms with Crippen LogP contribution >= 0.6 is 28.1 Å². The second-order valence-electron chi connectivity index (χ2n) is 6.45. The Labute approximate surface area is 187 Å². The molecule has 0 aliphatic rings. The third kappa shape index (κ3) is 5.58. The monoisotopic (exact) mass is 488 g/mol. The number of nitrogens with zero attached hydrogens (tertiary/aromatic N) is 1. The molecule has 1 aromatic heterocycles. The molecule has 0 saturated carbocycles. The molecule has 0 aliphatic carbocycles. The first kappa shape index (κ1) is 21.8. The van der Waals surface area contributed by atoms with E-state index in [1.165, 1.54) is 0 Å². The molecule has 0 saturated heterocycles. The van der Waals surface area contributed by atoms with Gasteiger partial charge in [0.25, 0.3) is 11.8 Å². The number of fused-ring (bicyclic) bond motifs is 1. The van der Waals surface area contributed by atoms with E-state index in [0.29, 0.717) is 22.4 Å². The molecular weight excluding hydrogens is 468 g/mol. The van der Waals surface area contributed by atoms with E-state index in [4.69, 9.17) is 17.0 Å². The van der Waals surface area contributed by atoms with Crippen molar-refractivity contribution < 1.29 is 14.3 Å². The van der Waals surface area contributed by atoms with E-state index < -0.39 is 5.91 Å². The number of halogens is 1. The van der Waals surface area contributed by atoms with Gasteiger partial charge in [0.15, 0.2) is 5.11 Å². The van der Waals surface area contributed by atoms with Gasteiger partial charge < -0.3 is 9.30 Å². The van der Waals surface area contributed by atoms with Gasteiger partial charge >= 0.3 is 0 Å². The molecule has 3 aromatic rings. The number of hydrazine groups is 1. The lowest BCUT2D eigenvalue weighted by Crippen LogP contribution is -2.49. The van der Waals surface area contributed by atoms with Crippen LogP contribution in [0.4, 0.5) is 0 Å². The Morgan fingerprint density at radius 3 is 2.70 bits per heavy atom. The van der Waals surface area contributed by atoms with E-state index in [0.717, 1.165) is 17.3 Å². The van der Waals surface area contributed by atoms with Crippen LogP contribution in [0.5, 0.6) is 5.75 Å². The van der Waals surface area contributed by atoms with Crippen LogP contribution < -0.4 is 20.9 Å². The van der Waals surface area contributed by atoms with Crippen LogP contribution in [0.1, 0.15) is 23.7 Å². The van der Waals surface area contributed by atoms with Crippen LogP contribution in [-0.2, 0) is 11.3 Å². The molecule has 3 rings (SSSR count). The molecule has 30 heavy (non-hydrogen) atoms. The van der Waals surface area contributed by atoms with Gasteiger partial charge in [0, 0.05) is 17.3 Å². The normalized spacial score (nSPS) is 10.5. The van der Waals surface area contributed by atoms with Crippen LogP contribution in [0.2, 0.25) is 0 Å². The molecule has 0 unspecified atom stereocenters. The number of hydrogen-bond donors (Lipinski definition) is 3. The highest BCUT2D eigenvalue weighted by molar-refractivity contribution is 9.10. The first-order valence-electron chi connectivity index (χ1n) is 9.34. The lowest BCUT2D eigenvalue weighted by Gasteiger charge is -2.12. The summed E-state index contributed by atoms with van der Waals surface area (Å²) in [5, 5.41) is 3.58. The Bertz CT molecular complexity index is 1080. The summed E-state index contributed by atoms with van der Waals surface area (Å²) in [6.45, 7) is 2.73. The first-order valence-corrected chi connectivity index (χ1v) is 10.5.